The smallest absolute Gasteiger partial charge is 0.150 e. The van der Waals surface area contributed by atoms with Crippen LogP contribution in [0.3, 0.4) is 0 Å². The van der Waals surface area contributed by atoms with Crippen LogP contribution >= 0.6 is 0 Å². The zero-order chi connectivity index (χ0) is 12.8. The second-order valence-electron chi connectivity index (χ2n) is 3.92. The third-order valence-electron chi connectivity index (χ3n) is 2.61. The van der Waals surface area contributed by atoms with Crippen molar-refractivity contribution in [3.05, 3.63) is 65.7 Å². The molecule has 0 fully saturated rings. The predicted molar refractivity (Wildman–Crippen MR) is 68.7 cm³/mol. The van der Waals surface area contributed by atoms with Crippen molar-refractivity contribution in [2.45, 2.75) is 6.10 Å². The van der Waals surface area contributed by atoms with Crippen LogP contribution < -0.4 is 4.74 Å². The van der Waals surface area contributed by atoms with E-state index < -0.39 is 6.10 Å². The van der Waals surface area contributed by atoms with Gasteiger partial charge in [0.15, 0.2) is 0 Å². The number of hydrogen-bond donors (Lipinski definition) is 1. The Balaban J connectivity index is 1.93. The van der Waals surface area contributed by atoms with Crippen molar-refractivity contribution in [1.82, 2.24) is 0 Å². The van der Waals surface area contributed by atoms with E-state index >= 15 is 0 Å². The molecule has 2 rings (SSSR count). The van der Waals surface area contributed by atoms with Gasteiger partial charge in [-0.15, -0.1) is 0 Å². The molecule has 0 saturated carbocycles. The number of hydrogen-bond acceptors (Lipinski definition) is 3. The van der Waals surface area contributed by atoms with Crippen molar-refractivity contribution in [3.63, 3.8) is 0 Å². The number of rotatable bonds is 5. The Kier molecular flexibility index (Phi) is 4.10. The first-order valence-corrected chi connectivity index (χ1v) is 5.70. The van der Waals surface area contributed by atoms with Crippen LogP contribution in [-0.4, -0.2) is 18.0 Å². The molecule has 0 aliphatic rings. The third-order valence-corrected chi connectivity index (χ3v) is 2.61. The van der Waals surface area contributed by atoms with Gasteiger partial charge in [0.05, 0.1) is 0 Å². The van der Waals surface area contributed by atoms with Gasteiger partial charge in [0, 0.05) is 5.56 Å². The molecule has 3 heteroatoms. The zero-order valence-corrected chi connectivity index (χ0v) is 9.82. The molecular weight excluding hydrogens is 228 g/mol. The maximum Gasteiger partial charge on any atom is 0.150 e. The average Bonchev–Trinajstić information content (AvgIpc) is 2.46. The molecule has 0 spiro atoms. The second kappa shape index (κ2) is 5.98. The van der Waals surface area contributed by atoms with E-state index in [0.717, 1.165) is 11.8 Å². The maximum absolute atomic E-state index is 10.5. The van der Waals surface area contributed by atoms with Crippen LogP contribution in [0.1, 0.15) is 22.0 Å². The van der Waals surface area contributed by atoms with Gasteiger partial charge >= 0.3 is 0 Å². The van der Waals surface area contributed by atoms with Crippen molar-refractivity contribution in [2.24, 2.45) is 0 Å². The van der Waals surface area contributed by atoms with Crippen molar-refractivity contribution in [1.29, 1.82) is 0 Å². The third kappa shape index (κ3) is 3.18. The molecule has 0 aliphatic carbocycles. The quantitative estimate of drug-likeness (QED) is 0.820. The molecule has 18 heavy (non-hydrogen) atoms. The Morgan fingerprint density at radius 3 is 2.33 bits per heavy atom. The maximum atomic E-state index is 10.5. The summed E-state index contributed by atoms with van der Waals surface area (Å²) in [7, 11) is 0. The van der Waals surface area contributed by atoms with Gasteiger partial charge in [-0.25, -0.2) is 0 Å². The van der Waals surface area contributed by atoms with Gasteiger partial charge in [0.1, 0.15) is 24.7 Å². The van der Waals surface area contributed by atoms with Gasteiger partial charge in [-0.3, -0.25) is 4.79 Å². The molecule has 92 valence electrons. The Bertz CT molecular complexity index is 491. The molecule has 2 aromatic carbocycles. The Morgan fingerprint density at radius 2 is 1.72 bits per heavy atom. The molecule has 1 atom stereocenters. The number of aliphatic hydroxyl groups excluding tert-OH is 1. The lowest BCUT2D eigenvalue weighted by Crippen LogP contribution is -2.09. The Labute approximate surface area is 106 Å². The van der Waals surface area contributed by atoms with E-state index in [2.05, 4.69) is 0 Å². The first-order valence-electron chi connectivity index (χ1n) is 5.70. The number of aldehydes is 1. The number of benzene rings is 2. The van der Waals surface area contributed by atoms with Crippen LogP contribution in [0.4, 0.5) is 0 Å². The van der Waals surface area contributed by atoms with Gasteiger partial charge in [0.2, 0.25) is 0 Å². The summed E-state index contributed by atoms with van der Waals surface area (Å²) in [5.41, 5.74) is 1.42. The van der Waals surface area contributed by atoms with E-state index in [9.17, 15) is 9.90 Å². The van der Waals surface area contributed by atoms with Crippen molar-refractivity contribution in [2.75, 3.05) is 6.61 Å². The van der Waals surface area contributed by atoms with Crippen molar-refractivity contribution >= 4 is 6.29 Å². The summed E-state index contributed by atoms with van der Waals surface area (Å²) in [6, 6.07) is 16.1. The van der Waals surface area contributed by atoms with Crippen molar-refractivity contribution in [3.8, 4) is 5.75 Å². The fraction of sp³-hybridized carbons (Fsp3) is 0.133. The Hall–Kier alpha value is -2.13. The lowest BCUT2D eigenvalue weighted by molar-refractivity contribution is 0.108. The zero-order valence-electron chi connectivity index (χ0n) is 9.82. The van der Waals surface area contributed by atoms with Crippen LogP contribution in [0.2, 0.25) is 0 Å². The standard InChI is InChI=1S/C15H14O3/c16-10-12-6-8-14(9-7-12)18-11-15(17)13-4-2-1-3-5-13/h1-10,15,17H,11H2/t15-/m1/s1. The summed E-state index contributed by atoms with van der Waals surface area (Å²) in [4.78, 5) is 10.5. The fourth-order valence-electron chi connectivity index (χ4n) is 1.59. The molecule has 0 aromatic heterocycles. The highest BCUT2D eigenvalue weighted by molar-refractivity contribution is 5.74. The van der Waals surface area contributed by atoms with Crippen LogP contribution in [0.25, 0.3) is 0 Å². The molecule has 0 amide bonds. The number of aliphatic hydroxyl groups is 1. The van der Waals surface area contributed by atoms with E-state index in [1.54, 1.807) is 24.3 Å². The monoisotopic (exact) mass is 242 g/mol. The SMILES string of the molecule is O=Cc1ccc(OC[C@@H](O)c2ccccc2)cc1. The number of ether oxygens (including phenoxy) is 1. The summed E-state index contributed by atoms with van der Waals surface area (Å²) < 4.78 is 5.46. The molecular formula is C15H14O3. The average molecular weight is 242 g/mol. The van der Waals surface area contributed by atoms with Gasteiger partial charge in [-0.05, 0) is 29.8 Å². The van der Waals surface area contributed by atoms with Crippen LogP contribution in [0.5, 0.6) is 5.75 Å². The summed E-state index contributed by atoms with van der Waals surface area (Å²) >= 11 is 0. The minimum absolute atomic E-state index is 0.185. The van der Waals surface area contributed by atoms with Gasteiger partial charge < -0.3 is 9.84 Å². The van der Waals surface area contributed by atoms with E-state index in [1.807, 2.05) is 30.3 Å². The highest BCUT2D eigenvalue weighted by Crippen LogP contribution is 2.16. The highest BCUT2D eigenvalue weighted by atomic mass is 16.5. The summed E-state index contributed by atoms with van der Waals surface area (Å²) in [5.74, 6) is 0.635. The normalized spacial score (nSPS) is 11.8. The second-order valence-corrected chi connectivity index (χ2v) is 3.92. The summed E-state index contributed by atoms with van der Waals surface area (Å²) in [5, 5.41) is 9.90. The Morgan fingerprint density at radius 1 is 1.06 bits per heavy atom. The molecule has 2 aromatic rings. The largest absolute Gasteiger partial charge is 0.491 e. The van der Waals surface area contributed by atoms with E-state index in [1.165, 1.54) is 0 Å². The molecule has 0 aliphatic heterocycles. The highest BCUT2D eigenvalue weighted by Gasteiger charge is 2.07. The van der Waals surface area contributed by atoms with Crippen molar-refractivity contribution < 1.29 is 14.6 Å². The van der Waals surface area contributed by atoms with E-state index in [-0.39, 0.29) is 6.61 Å². The lowest BCUT2D eigenvalue weighted by Gasteiger charge is -2.12. The fourth-order valence-corrected chi connectivity index (χ4v) is 1.59. The van der Waals surface area contributed by atoms with Crippen LogP contribution in [-0.2, 0) is 0 Å². The molecule has 1 N–H and O–H groups in total. The van der Waals surface area contributed by atoms with Crippen LogP contribution in [0, 0.1) is 0 Å². The van der Waals surface area contributed by atoms with Gasteiger partial charge in [0.25, 0.3) is 0 Å². The topological polar surface area (TPSA) is 46.5 Å². The van der Waals surface area contributed by atoms with E-state index in [4.69, 9.17) is 4.74 Å². The minimum Gasteiger partial charge on any atom is -0.491 e. The predicted octanol–water partition coefficient (Wildman–Crippen LogP) is 2.61. The molecule has 0 bridgehead atoms. The van der Waals surface area contributed by atoms with E-state index in [0.29, 0.717) is 11.3 Å². The molecule has 0 radical (unpaired) electrons. The molecule has 0 saturated heterocycles. The van der Waals surface area contributed by atoms with Gasteiger partial charge in [-0.2, -0.15) is 0 Å². The number of carbonyl (C=O) groups is 1. The lowest BCUT2D eigenvalue weighted by atomic mass is 10.1. The number of carbonyl (C=O) groups excluding carboxylic acids is 1. The first kappa shape index (κ1) is 12.3. The first-order chi connectivity index (χ1) is 8.79. The summed E-state index contributed by atoms with van der Waals surface area (Å²) in [6.07, 6.45) is 0.125. The summed E-state index contributed by atoms with van der Waals surface area (Å²) in [6.45, 7) is 0.185. The van der Waals surface area contributed by atoms with Gasteiger partial charge in [-0.1, -0.05) is 30.3 Å². The molecule has 0 unspecified atom stereocenters. The van der Waals surface area contributed by atoms with Crippen LogP contribution in [0.15, 0.2) is 54.6 Å². The molecule has 3 nitrogen and oxygen atoms in total. The molecule has 0 heterocycles. The minimum atomic E-state index is -0.656.